The van der Waals surface area contributed by atoms with Crippen molar-refractivity contribution < 1.29 is 35.2 Å². The molecule has 5 aromatic carbocycles. The maximum absolute atomic E-state index is 13.3. The van der Waals surface area contributed by atoms with Gasteiger partial charge in [-0.1, -0.05) is 30.3 Å². The zero-order valence-corrected chi connectivity index (χ0v) is 22.5. The van der Waals surface area contributed by atoms with Crippen LogP contribution >= 0.6 is 0 Å². The number of methoxy groups -OCH3 is 2. The monoisotopic (exact) mass is 578 g/mol. The Labute approximate surface area is 232 Å². The van der Waals surface area contributed by atoms with Crippen molar-refractivity contribution in [2.75, 3.05) is 14.2 Å². The quantitative estimate of drug-likeness (QED) is 0.118. The number of hydrogen-bond acceptors (Lipinski definition) is 6. The van der Waals surface area contributed by atoms with Crippen LogP contribution in [0.3, 0.4) is 0 Å². The van der Waals surface area contributed by atoms with Crippen LogP contribution in [0.1, 0.15) is 0 Å². The number of aromatic nitrogens is 2. The van der Waals surface area contributed by atoms with Crippen LogP contribution < -0.4 is 13.7 Å². The molecule has 0 aliphatic rings. The third-order valence-corrected chi connectivity index (χ3v) is 7.72. The van der Waals surface area contributed by atoms with E-state index < -0.39 is 21.4 Å². The molecule has 0 atom stereocenters. The molecule has 0 spiro atoms. The summed E-state index contributed by atoms with van der Waals surface area (Å²) >= 11 is 0. The van der Waals surface area contributed by atoms with Gasteiger partial charge in [-0.25, -0.2) is 4.98 Å². The Balaban J connectivity index is 1.79. The molecular formula is C30H21F3N2O5S. The van der Waals surface area contributed by atoms with Gasteiger partial charge < -0.3 is 13.7 Å². The maximum atomic E-state index is 13.3. The van der Waals surface area contributed by atoms with E-state index in [1.807, 2.05) is 66.7 Å². The lowest BCUT2D eigenvalue weighted by atomic mass is 9.99. The summed E-state index contributed by atoms with van der Waals surface area (Å²) in [7, 11) is -2.84. The highest BCUT2D eigenvalue weighted by Gasteiger charge is 2.49. The summed E-state index contributed by atoms with van der Waals surface area (Å²) in [6.45, 7) is 0. The van der Waals surface area contributed by atoms with Crippen LogP contribution in [0.4, 0.5) is 13.2 Å². The van der Waals surface area contributed by atoms with Gasteiger partial charge in [0.05, 0.1) is 30.8 Å². The molecule has 0 radical (unpaired) electrons. The molecule has 0 unspecified atom stereocenters. The molecule has 1 aromatic heterocycles. The summed E-state index contributed by atoms with van der Waals surface area (Å²) in [5.74, 6) is 0.844. The lowest BCUT2D eigenvalue weighted by Gasteiger charge is -2.15. The van der Waals surface area contributed by atoms with Gasteiger partial charge in [-0.2, -0.15) is 21.6 Å². The lowest BCUT2D eigenvalue weighted by Crippen LogP contribution is -2.28. The molecule has 0 bridgehead atoms. The Bertz CT molecular complexity index is 2060. The van der Waals surface area contributed by atoms with E-state index in [1.165, 1.54) is 12.1 Å². The molecule has 6 aromatic rings. The molecule has 41 heavy (non-hydrogen) atoms. The van der Waals surface area contributed by atoms with Crippen LogP contribution in [0.25, 0.3) is 49.7 Å². The highest BCUT2D eigenvalue weighted by Crippen LogP contribution is 2.43. The highest BCUT2D eigenvalue weighted by atomic mass is 32.2. The molecule has 0 N–H and O–H groups in total. The van der Waals surface area contributed by atoms with E-state index in [-0.39, 0.29) is 11.4 Å². The van der Waals surface area contributed by atoms with Crippen molar-refractivity contribution in [3.05, 3.63) is 91.0 Å². The molecule has 11 heteroatoms. The number of nitrogens with zero attached hydrogens (tertiary/aromatic N) is 2. The molecule has 0 amide bonds. The third-order valence-electron chi connectivity index (χ3n) is 6.76. The summed E-state index contributed by atoms with van der Waals surface area (Å²) in [6.07, 6.45) is 0. The molecule has 0 aliphatic heterocycles. The predicted octanol–water partition coefficient (Wildman–Crippen LogP) is 7.24. The number of benzene rings is 5. The van der Waals surface area contributed by atoms with E-state index in [9.17, 15) is 21.6 Å². The second kappa shape index (κ2) is 9.70. The first-order valence-corrected chi connectivity index (χ1v) is 13.7. The van der Waals surface area contributed by atoms with Gasteiger partial charge in [-0.15, -0.1) is 0 Å². The molecular weight excluding hydrogens is 557 g/mol. The minimum absolute atomic E-state index is 0.0486. The maximum Gasteiger partial charge on any atom is 0.534 e. The number of alkyl halides is 3. The van der Waals surface area contributed by atoms with Gasteiger partial charge in [0.2, 0.25) is 0 Å². The fourth-order valence-electron chi connectivity index (χ4n) is 4.92. The van der Waals surface area contributed by atoms with Gasteiger partial charge in [-0.05, 0) is 71.4 Å². The Kier molecular flexibility index (Phi) is 6.26. The van der Waals surface area contributed by atoms with Crippen molar-refractivity contribution in [3.63, 3.8) is 0 Å². The Morgan fingerprint density at radius 3 is 1.95 bits per heavy atom. The van der Waals surface area contributed by atoms with E-state index >= 15 is 0 Å². The topological polar surface area (TPSA) is 79.7 Å². The smallest absolute Gasteiger partial charge is 0.497 e. The fraction of sp³-hybridized carbons (Fsp3) is 0.100. The third kappa shape index (κ3) is 4.38. The van der Waals surface area contributed by atoms with Crippen LogP contribution in [-0.2, 0) is 10.1 Å². The number of para-hydroxylation sites is 2. The molecule has 0 fully saturated rings. The van der Waals surface area contributed by atoms with Gasteiger partial charge in [0.1, 0.15) is 17.3 Å². The number of hydrogen-bond donors (Lipinski definition) is 0. The standard InChI is InChI=1S/C30H21F3N2O5S/c1-38-19-12-14-21-22-15-13-20(39-2)17-25(22)28-27(24(21)16-19)34-29(35(28)18-8-4-3-5-9-18)23-10-6-7-11-26(23)40-41(36,37)30(31,32)33/h3-17H,1-2H3. The second-order valence-electron chi connectivity index (χ2n) is 9.11. The average molecular weight is 579 g/mol. The van der Waals surface area contributed by atoms with Crippen molar-refractivity contribution >= 4 is 42.7 Å². The van der Waals surface area contributed by atoms with E-state index in [0.29, 0.717) is 28.2 Å². The van der Waals surface area contributed by atoms with Gasteiger partial charge in [0.25, 0.3) is 0 Å². The molecule has 1 heterocycles. The number of ether oxygens (including phenoxy) is 2. The van der Waals surface area contributed by atoms with Crippen LogP contribution in [0.5, 0.6) is 17.2 Å². The van der Waals surface area contributed by atoms with E-state index in [2.05, 4.69) is 4.18 Å². The van der Waals surface area contributed by atoms with Crippen molar-refractivity contribution in [1.29, 1.82) is 0 Å². The van der Waals surface area contributed by atoms with Crippen molar-refractivity contribution in [3.8, 4) is 34.3 Å². The zero-order chi connectivity index (χ0) is 28.9. The Hall–Kier alpha value is -4.77. The molecule has 6 rings (SSSR count). The van der Waals surface area contributed by atoms with E-state index in [0.717, 1.165) is 27.6 Å². The number of fused-ring (bicyclic) bond motifs is 6. The lowest BCUT2D eigenvalue weighted by molar-refractivity contribution is -0.0499. The first-order chi connectivity index (χ1) is 19.6. The summed E-state index contributed by atoms with van der Waals surface area (Å²) in [4.78, 5) is 4.93. The summed E-state index contributed by atoms with van der Waals surface area (Å²) in [5, 5.41) is 3.24. The van der Waals surface area contributed by atoms with Gasteiger partial charge in [-0.3, -0.25) is 4.57 Å². The fourth-order valence-corrected chi connectivity index (χ4v) is 5.39. The van der Waals surface area contributed by atoms with Gasteiger partial charge in [0.15, 0.2) is 5.75 Å². The Morgan fingerprint density at radius 2 is 1.32 bits per heavy atom. The first kappa shape index (κ1) is 26.5. The number of rotatable bonds is 6. The van der Waals surface area contributed by atoms with Crippen molar-refractivity contribution in [1.82, 2.24) is 9.55 Å². The number of imidazole rings is 1. The van der Waals surface area contributed by atoms with Crippen LogP contribution in [0, 0.1) is 0 Å². The van der Waals surface area contributed by atoms with Gasteiger partial charge >= 0.3 is 15.6 Å². The van der Waals surface area contributed by atoms with E-state index in [1.54, 1.807) is 24.9 Å². The molecule has 0 saturated heterocycles. The zero-order valence-electron chi connectivity index (χ0n) is 21.6. The van der Waals surface area contributed by atoms with Crippen molar-refractivity contribution in [2.24, 2.45) is 0 Å². The minimum atomic E-state index is -5.95. The predicted molar refractivity (Wildman–Crippen MR) is 150 cm³/mol. The number of halogens is 3. The minimum Gasteiger partial charge on any atom is -0.497 e. The van der Waals surface area contributed by atoms with Crippen LogP contribution in [0.2, 0.25) is 0 Å². The second-order valence-corrected chi connectivity index (χ2v) is 10.6. The molecule has 0 saturated carbocycles. The van der Waals surface area contributed by atoms with Crippen LogP contribution in [-0.4, -0.2) is 37.7 Å². The summed E-state index contributed by atoms with van der Waals surface area (Å²) in [5.41, 5.74) is -3.77. The average Bonchev–Trinajstić information content (AvgIpc) is 3.37. The highest BCUT2D eigenvalue weighted by molar-refractivity contribution is 7.88. The van der Waals surface area contributed by atoms with Crippen molar-refractivity contribution in [2.45, 2.75) is 5.51 Å². The molecule has 7 nitrogen and oxygen atoms in total. The molecule has 0 aliphatic carbocycles. The van der Waals surface area contributed by atoms with E-state index in [4.69, 9.17) is 14.5 Å². The summed E-state index contributed by atoms with van der Waals surface area (Å²) in [6, 6.07) is 25.9. The Morgan fingerprint density at radius 1 is 0.732 bits per heavy atom. The normalized spacial score (nSPS) is 12.2. The van der Waals surface area contributed by atoms with Crippen LogP contribution in [0.15, 0.2) is 91.0 Å². The van der Waals surface area contributed by atoms with Gasteiger partial charge in [0, 0.05) is 16.5 Å². The molecule has 208 valence electrons. The SMILES string of the molecule is COc1ccc2c3ccc(OC)cc3c3c(nc(-c4ccccc4OS(=O)(=O)C(F)(F)F)n3-c3ccccc3)c2c1. The first-order valence-electron chi connectivity index (χ1n) is 12.3. The largest absolute Gasteiger partial charge is 0.534 e. The summed E-state index contributed by atoms with van der Waals surface area (Å²) < 4.78 is 81.4.